The Bertz CT molecular complexity index is 429. The van der Waals surface area contributed by atoms with E-state index in [2.05, 4.69) is 6.92 Å². The van der Waals surface area contributed by atoms with E-state index in [1.807, 2.05) is 6.92 Å². The van der Waals surface area contributed by atoms with Crippen LogP contribution in [0.25, 0.3) is 0 Å². The van der Waals surface area contributed by atoms with Gasteiger partial charge in [0.15, 0.2) is 0 Å². The first kappa shape index (κ1) is 32.7. The largest absolute Gasteiger partial charge is 1.00 e. The van der Waals surface area contributed by atoms with Crippen LogP contribution in [-0.4, -0.2) is 29.4 Å². The van der Waals surface area contributed by atoms with E-state index >= 15 is 0 Å². The SMILES string of the molecule is CCCCCCC(O)CCCCCCCCCCCC(CCCC)S(=O)(=O)[O-].[K+]. The molecule has 0 saturated carbocycles. The van der Waals surface area contributed by atoms with E-state index in [0.29, 0.717) is 12.8 Å². The van der Waals surface area contributed by atoms with Crippen molar-refractivity contribution in [3.8, 4) is 0 Å². The molecule has 4 nitrogen and oxygen atoms in total. The van der Waals surface area contributed by atoms with Crippen molar-refractivity contribution in [3.05, 3.63) is 0 Å². The third-order valence-corrected chi connectivity index (χ3v) is 7.03. The minimum atomic E-state index is -4.13. The van der Waals surface area contributed by atoms with Crippen LogP contribution in [-0.2, 0) is 10.1 Å². The summed E-state index contributed by atoms with van der Waals surface area (Å²) in [7, 11) is -4.13. The quantitative estimate of drug-likeness (QED) is 0.162. The summed E-state index contributed by atoms with van der Waals surface area (Å²) < 4.78 is 33.8. The molecule has 0 aliphatic heterocycles. The zero-order valence-corrected chi connectivity index (χ0v) is 23.6. The summed E-state index contributed by atoms with van der Waals surface area (Å²) >= 11 is 0. The maximum absolute atomic E-state index is 11.3. The van der Waals surface area contributed by atoms with Gasteiger partial charge in [-0.15, -0.1) is 0 Å². The Morgan fingerprint density at radius 2 is 0.966 bits per heavy atom. The Morgan fingerprint density at radius 3 is 1.38 bits per heavy atom. The van der Waals surface area contributed by atoms with Crippen LogP contribution in [0.1, 0.15) is 136 Å². The van der Waals surface area contributed by atoms with E-state index in [0.717, 1.165) is 57.8 Å². The van der Waals surface area contributed by atoms with Gasteiger partial charge in [-0.05, 0) is 25.7 Å². The molecule has 29 heavy (non-hydrogen) atoms. The molecule has 0 rings (SSSR count). The van der Waals surface area contributed by atoms with Crippen molar-refractivity contribution in [2.24, 2.45) is 0 Å². The first-order valence-electron chi connectivity index (χ1n) is 12.0. The summed E-state index contributed by atoms with van der Waals surface area (Å²) in [5, 5.41) is 9.28. The minimum absolute atomic E-state index is 0. The molecule has 0 saturated heterocycles. The molecule has 2 unspecified atom stereocenters. The van der Waals surface area contributed by atoms with Crippen molar-refractivity contribution in [2.45, 2.75) is 147 Å². The summed E-state index contributed by atoms with van der Waals surface area (Å²) in [6.45, 7) is 4.23. The topological polar surface area (TPSA) is 77.4 Å². The van der Waals surface area contributed by atoms with Crippen LogP contribution >= 0.6 is 0 Å². The molecule has 0 aromatic rings. The molecule has 0 spiro atoms. The van der Waals surface area contributed by atoms with Crippen molar-refractivity contribution in [3.63, 3.8) is 0 Å². The third-order valence-electron chi connectivity index (χ3n) is 5.74. The molecule has 0 aromatic carbocycles. The molecule has 1 N–H and O–H groups in total. The van der Waals surface area contributed by atoms with Crippen LogP contribution < -0.4 is 51.4 Å². The molecule has 6 heteroatoms. The number of unbranched alkanes of at least 4 members (excludes halogenated alkanes) is 12. The van der Waals surface area contributed by atoms with Crippen molar-refractivity contribution >= 4 is 10.1 Å². The Kier molecular flexibility index (Phi) is 25.6. The zero-order chi connectivity index (χ0) is 21.1. The van der Waals surface area contributed by atoms with E-state index in [1.165, 1.54) is 51.4 Å². The average molecular weight is 459 g/mol. The molecule has 0 radical (unpaired) electrons. The fourth-order valence-electron chi connectivity index (χ4n) is 3.81. The summed E-state index contributed by atoms with van der Waals surface area (Å²) in [5.41, 5.74) is 0. The summed E-state index contributed by atoms with van der Waals surface area (Å²) in [4.78, 5) is 0. The van der Waals surface area contributed by atoms with Gasteiger partial charge in [-0.25, -0.2) is 8.42 Å². The van der Waals surface area contributed by atoms with Gasteiger partial charge in [0.05, 0.1) is 16.2 Å². The van der Waals surface area contributed by atoms with Crippen LogP contribution in [0.2, 0.25) is 0 Å². The third kappa shape index (κ3) is 22.5. The van der Waals surface area contributed by atoms with Crippen molar-refractivity contribution < 1.29 is 69.5 Å². The summed E-state index contributed by atoms with van der Waals surface area (Å²) in [5.74, 6) is 0. The predicted molar refractivity (Wildman–Crippen MR) is 119 cm³/mol. The van der Waals surface area contributed by atoms with Gasteiger partial charge in [-0.3, -0.25) is 0 Å². The molecule has 0 amide bonds. The minimum Gasteiger partial charge on any atom is -0.748 e. The van der Waals surface area contributed by atoms with Crippen molar-refractivity contribution in [2.75, 3.05) is 0 Å². The fraction of sp³-hybridized carbons (Fsp3) is 1.00. The van der Waals surface area contributed by atoms with Crippen LogP contribution in [0.5, 0.6) is 0 Å². The second-order valence-electron chi connectivity index (χ2n) is 8.52. The fourth-order valence-corrected chi connectivity index (χ4v) is 4.72. The van der Waals surface area contributed by atoms with Crippen molar-refractivity contribution in [1.29, 1.82) is 0 Å². The van der Waals surface area contributed by atoms with Gasteiger partial charge in [-0.2, -0.15) is 0 Å². The van der Waals surface area contributed by atoms with Gasteiger partial charge < -0.3 is 9.66 Å². The van der Waals surface area contributed by atoms with Gasteiger partial charge in [0.25, 0.3) is 0 Å². The normalized spacial score (nSPS) is 13.8. The van der Waals surface area contributed by atoms with Crippen molar-refractivity contribution in [1.82, 2.24) is 0 Å². The van der Waals surface area contributed by atoms with Gasteiger partial charge in [-0.1, -0.05) is 110 Å². The monoisotopic (exact) mass is 458 g/mol. The average Bonchev–Trinajstić information content (AvgIpc) is 2.64. The first-order chi connectivity index (χ1) is 13.4. The number of aliphatic hydroxyl groups excluding tert-OH is 1. The van der Waals surface area contributed by atoms with E-state index < -0.39 is 15.4 Å². The molecule has 2 atom stereocenters. The summed E-state index contributed by atoms with van der Waals surface area (Å²) in [6, 6.07) is 0. The Morgan fingerprint density at radius 1 is 0.621 bits per heavy atom. The second-order valence-corrected chi connectivity index (χ2v) is 10.2. The number of aliphatic hydroxyl groups is 1. The maximum Gasteiger partial charge on any atom is 1.00 e. The molecular weight excluding hydrogens is 411 g/mol. The van der Waals surface area contributed by atoms with Gasteiger partial charge in [0, 0.05) is 5.25 Å². The molecular formula is C23H47KO4S. The van der Waals surface area contributed by atoms with E-state index in [-0.39, 0.29) is 57.5 Å². The maximum atomic E-state index is 11.3. The molecule has 0 aliphatic carbocycles. The number of hydrogen-bond donors (Lipinski definition) is 1. The Labute approximate surface area is 224 Å². The van der Waals surface area contributed by atoms with Gasteiger partial charge in [0.2, 0.25) is 0 Å². The molecule has 0 aliphatic rings. The van der Waals surface area contributed by atoms with Gasteiger partial charge >= 0.3 is 51.4 Å². The smallest absolute Gasteiger partial charge is 0.748 e. The summed E-state index contributed by atoms with van der Waals surface area (Å²) in [6.07, 6.45) is 19.9. The molecule has 0 heterocycles. The predicted octanol–water partition coefficient (Wildman–Crippen LogP) is 3.72. The van der Waals surface area contributed by atoms with Crippen LogP contribution in [0.15, 0.2) is 0 Å². The first-order valence-corrected chi connectivity index (χ1v) is 13.5. The molecule has 0 aromatic heterocycles. The Balaban J connectivity index is 0. The standard InChI is InChI=1S/C23H48O4S.K/c1-3-5-7-15-18-22(24)19-16-13-11-9-8-10-12-14-17-21-23(20-6-4-2)28(25,26)27;/h22-24H,3-21H2,1-2H3,(H,25,26,27);/q;+1/p-1. The van der Waals surface area contributed by atoms with E-state index in [4.69, 9.17) is 0 Å². The molecule has 170 valence electrons. The number of hydrogen-bond acceptors (Lipinski definition) is 4. The van der Waals surface area contributed by atoms with Crippen LogP contribution in [0.3, 0.4) is 0 Å². The van der Waals surface area contributed by atoms with Crippen LogP contribution in [0.4, 0.5) is 0 Å². The molecule has 0 fully saturated rings. The van der Waals surface area contributed by atoms with E-state index in [9.17, 15) is 18.1 Å². The van der Waals surface area contributed by atoms with Crippen LogP contribution in [0, 0.1) is 0 Å². The zero-order valence-electron chi connectivity index (χ0n) is 19.7. The van der Waals surface area contributed by atoms with E-state index in [1.54, 1.807) is 0 Å². The number of rotatable bonds is 21. The second kappa shape index (κ2) is 22.7. The Hall–Kier alpha value is 1.51. The van der Waals surface area contributed by atoms with Gasteiger partial charge in [0.1, 0.15) is 0 Å². The molecule has 0 bridgehead atoms.